The lowest BCUT2D eigenvalue weighted by molar-refractivity contribution is -0.369. The zero-order valence-corrected chi connectivity index (χ0v) is 56.6. The molecular formula is C68H115Cl3N2O14. The van der Waals surface area contributed by atoms with Crippen molar-refractivity contribution in [1.82, 2.24) is 10.6 Å². The topological polar surface area (TPSA) is 192 Å². The van der Waals surface area contributed by atoms with Crippen LogP contribution >= 0.6 is 34.8 Å². The van der Waals surface area contributed by atoms with Crippen LogP contribution in [0.5, 0.6) is 0 Å². The molecule has 2 aliphatic heterocycles. The number of alkyl halides is 3. The molecule has 0 bridgehead atoms. The summed E-state index contributed by atoms with van der Waals surface area (Å²) in [6, 6.07) is 7.46. The molecule has 2 fully saturated rings. The molecule has 19 heteroatoms. The number of esters is 3. The molecule has 1 aromatic rings. The van der Waals surface area contributed by atoms with Crippen molar-refractivity contribution >= 4 is 64.7 Å². The summed E-state index contributed by atoms with van der Waals surface area (Å²) >= 11 is 18.1. The van der Waals surface area contributed by atoms with E-state index in [1.165, 1.54) is 70.6 Å². The van der Waals surface area contributed by atoms with Gasteiger partial charge in [0, 0.05) is 12.8 Å². The third-order valence-electron chi connectivity index (χ3n) is 16.0. The second-order valence-corrected chi connectivity index (χ2v) is 27.2. The number of amides is 2. The van der Waals surface area contributed by atoms with Gasteiger partial charge in [-0.3, -0.25) is 19.2 Å². The molecule has 2 N–H and O–H groups in total. The number of halogens is 3. The molecule has 2 heterocycles. The molecule has 0 unspecified atom stereocenters. The smallest absolute Gasteiger partial charge is 0.407 e. The van der Waals surface area contributed by atoms with Gasteiger partial charge in [-0.1, -0.05) is 260 Å². The Hall–Kier alpha value is -2.96. The maximum Gasteiger partial charge on any atom is 0.407 e. The van der Waals surface area contributed by atoms with Gasteiger partial charge in [-0.25, -0.2) is 4.79 Å². The summed E-state index contributed by atoms with van der Waals surface area (Å²) in [7, 11) is 0. The first-order chi connectivity index (χ1) is 41.9. The van der Waals surface area contributed by atoms with Gasteiger partial charge >= 0.3 is 24.0 Å². The predicted octanol–water partition coefficient (Wildman–Crippen LogP) is 16.9. The van der Waals surface area contributed by atoms with Gasteiger partial charge in [0.1, 0.15) is 37.1 Å². The van der Waals surface area contributed by atoms with Gasteiger partial charge < -0.3 is 53.3 Å². The maximum absolute atomic E-state index is 14.5. The quantitative estimate of drug-likeness (QED) is 0.0271. The average molecular weight is 1290 g/mol. The molecule has 3 rings (SSSR count). The largest absolute Gasteiger partial charge is 0.462 e. The molecule has 16 nitrogen and oxygen atoms in total. The fraction of sp³-hybridized carbons (Fsp3) is 0.838. The summed E-state index contributed by atoms with van der Waals surface area (Å²) < 4.78 is 53.9. The summed E-state index contributed by atoms with van der Waals surface area (Å²) in [5, 5.41) is 5.85. The lowest BCUT2D eigenvalue weighted by Crippen LogP contribution is -2.69. The van der Waals surface area contributed by atoms with Gasteiger partial charge in [-0.15, -0.1) is 0 Å². The number of carbonyl (C=O) groups is 5. The Morgan fingerprint density at radius 3 is 1.57 bits per heavy atom. The zero-order chi connectivity index (χ0) is 63.4. The second-order valence-electron chi connectivity index (χ2n) is 24.7. The highest BCUT2D eigenvalue weighted by Gasteiger charge is 2.54. The number of benzene rings is 1. The van der Waals surface area contributed by atoms with Crippen LogP contribution in [0.15, 0.2) is 30.3 Å². The predicted molar refractivity (Wildman–Crippen MR) is 345 cm³/mol. The van der Waals surface area contributed by atoms with Crippen molar-refractivity contribution in [3.63, 3.8) is 0 Å². The van der Waals surface area contributed by atoms with Gasteiger partial charge in [-0.05, 0) is 57.9 Å². The Morgan fingerprint density at radius 2 is 1.08 bits per heavy atom. The van der Waals surface area contributed by atoms with Crippen molar-refractivity contribution in [3.05, 3.63) is 35.9 Å². The number of hydrogen-bond donors (Lipinski definition) is 2. The summed E-state index contributed by atoms with van der Waals surface area (Å²) in [5.74, 6) is -2.92. The number of carbonyl (C=O) groups excluding carboxylic acids is 5. The Balaban J connectivity index is 1.91. The second kappa shape index (κ2) is 47.9. The van der Waals surface area contributed by atoms with Gasteiger partial charge in [0.15, 0.2) is 18.2 Å². The Kier molecular flexibility index (Phi) is 43.1. The van der Waals surface area contributed by atoms with Crippen LogP contribution in [-0.4, -0.2) is 115 Å². The molecule has 8 atom stereocenters. The monoisotopic (exact) mass is 1290 g/mol. The van der Waals surface area contributed by atoms with Crippen molar-refractivity contribution in [2.24, 2.45) is 0 Å². The van der Waals surface area contributed by atoms with Crippen LogP contribution in [0.3, 0.4) is 0 Å². The van der Waals surface area contributed by atoms with Gasteiger partial charge in [0.25, 0.3) is 0 Å². The molecule has 0 aromatic heterocycles. The normalized spacial score (nSPS) is 19.3. The van der Waals surface area contributed by atoms with E-state index in [1.807, 2.05) is 30.3 Å². The van der Waals surface area contributed by atoms with Crippen molar-refractivity contribution in [3.8, 4) is 0 Å². The molecule has 0 saturated carbocycles. The number of fused-ring (bicyclic) bond motifs is 1. The van der Waals surface area contributed by atoms with Crippen LogP contribution in [0, 0.1) is 0 Å². The van der Waals surface area contributed by atoms with Crippen LogP contribution in [0.1, 0.15) is 278 Å². The van der Waals surface area contributed by atoms with Crippen molar-refractivity contribution in [2.75, 3.05) is 26.4 Å². The highest BCUT2D eigenvalue weighted by Crippen LogP contribution is 2.35. The molecule has 0 aliphatic carbocycles. The molecule has 0 radical (unpaired) electrons. The summed E-state index contributed by atoms with van der Waals surface area (Å²) in [6.45, 7) is 11.6. The minimum atomic E-state index is -1.96. The van der Waals surface area contributed by atoms with E-state index in [-0.39, 0.29) is 63.5 Å². The lowest BCUT2D eigenvalue weighted by atomic mass is 9.95. The van der Waals surface area contributed by atoms with Gasteiger partial charge in [0.05, 0.1) is 45.3 Å². The van der Waals surface area contributed by atoms with E-state index in [0.717, 1.165) is 121 Å². The van der Waals surface area contributed by atoms with Crippen LogP contribution in [0.4, 0.5) is 4.79 Å². The Morgan fingerprint density at radius 1 is 0.609 bits per heavy atom. The molecular weight excluding hydrogens is 1180 g/mol. The third-order valence-corrected chi connectivity index (χ3v) is 16.3. The number of nitrogens with one attached hydrogen (secondary N) is 2. The van der Waals surface area contributed by atoms with E-state index >= 15 is 0 Å². The molecule has 1 aromatic carbocycles. The maximum atomic E-state index is 14.5. The third kappa shape index (κ3) is 38.5. The van der Waals surface area contributed by atoms with Crippen LogP contribution in [0.2, 0.25) is 0 Å². The molecule has 2 aliphatic rings. The van der Waals surface area contributed by atoms with Crippen molar-refractivity contribution in [2.45, 2.75) is 338 Å². The van der Waals surface area contributed by atoms with E-state index in [4.69, 9.17) is 77.4 Å². The minimum absolute atomic E-state index is 0.00836. The van der Waals surface area contributed by atoms with Gasteiger partial charge in [0.2, 0.25) is 9.70 Å². The number of hydrogen-bond acceptors (Lipinski definition) is 14. The first kappa shape index (κ1) is 78.3. The van der Waals surface area contributed by atoms with Crippen LogP contribution in [0.25, 0.3) is 0 Å². The first-order valence-corrected chi connectivity index (χ1v) is 35.2. The molecule has 87 heavy (non-hydrogen) atoms. The highest BCUT2D eigenvalue weighted by atomic mass is 35.6. The van der Waals surface area contributed by atoms with Crippen molar-refractivity contribution < 1.29 is 66.6 Å². The van der Waals surface area contributed by atoms with E-state index in [2.05, 4.69) is 38.3 Å². The molecule has 2 amide bonds. The molecule has 502 valence electrons. The number of ether oxygens (including phenoxy) is 9. The van der Waals surface area contributed by atoms with Crippen LogP contribution in [-0.2, 0) is 68.4 Å². The van der Waals surface area contributed by atoms with Gasteiger partial charge in [-0.2, -0.15) is 0 Å². The Labute approximate surface area is 539 Å². The summed E-state index contributed by atoms with van der Waals surface area (Å²) in [5.41, 5.74) is 0.911. The molecule has 0 spiro atoms. The molecule has 2 saturated heterocycles. The fourth-order valence-electron chi connectivity index (χ4n) is 11.1. The standard InChI is InChI=1S/C68H115Cl3N2O14/c1-7-11-15-19-23-25-27-29-36-42-55(83-59(75)44-38-31-21-17-13-9-3)46-58(74)72-54(49-79-48-53-40-34-33-35-41-53)50-80-65-62(73-66(78)81-52-68(69,70)71)64(63-57(85-65)51-82-67(5,6)87-63)86-61(77)47-56(43-37-30-28-26-24-20-16-12-8-2)84-60(76)45-39-32-22-18-14-10-4/h33-35,40-41,54-57,62-65H,7-32,36-39,42-52H2,1-6H3,(H,72,74)(H,73,78)/t54-,55+,56+,57+,62+,63+,64+,65+/m0/s1. The minimum Gasteiger partial charge on any atom is -0.462 e. The Bertz CT molecular complexity index is 1960. The SMILES string of the molecule is CCCCCCCCCCC[C@H](CC(=O)N[C@@H](COCc1ccccc1)CO[C@@H]1O[C@@H]2COC(C)(C)O[C@H]2[C@H](OC(=O)C[C@@H](CCCCCCCCCCC)OC(=O)CCCCCCCC)[C@H]1NC(=O)OCC(Cl)(Cl)Cl)OC(=O)CCCCCCCC. The highest BCUT2D eigenvalue weighted by molar-refractivity contribution is 6.67. The summed E-state index contributed by atoms with van der Waals surface area (Å²) in [4.78, 5) is 69.3. The summed E-state index contributed by atoms with van der Waals surface area (Å²) in [6.07, 6.45) is 26.5. The number of unbranched alkanes of at least 4 members (excludes halogenated alkanes) is 26. The first-order valence-electron chi connectivity index (χ1n) is 34.0. The fourth-order valence-corrected chi connectivity index (χ4v) is 11.2. The van der Waals surface area contributed by atoms with E-state index in [9.17, 15) is 24.0 Å². The van der Waals surface area contributed by atoms with Crippen molar-refractivity contribution in [1.29, 1.82) is 0 Å². The lowest BCUT2D eigenvalue weighted by Gasteiger charge is -2.50. The van der Waals surface area contributed by atoms with E-state index in [0.29, 0.717) is 25.7 Å². The number of rotatable bonds is 51. The van der Waals surface area contributed by atoms with Crippen LogP contribution < -0.4 is 10.6 Å². The van der Waals surface area contributed by atoms with E-state index in [1.54, 1.807) is 13.8 Å². The average Bonchev–Trinajstić information content (AvgIpc) is 1.06. The number of alkyl carbamates (subject to hydrolysis) is 1. The van der Waals surface area contributed by atoms with E-state index < -0.39 is 77.1 Å². The zero-order valence-electron chi connectivity index (χ0n) is 54.3.